The number of aryl methyl sites for hydroxylation is 1. The maximum Gasteiger partial charge on any atom is 0.0475 e. The van der Waals surface area contributed by atoms with Gasteiger partial charge in [-0.05, 0) is 48.7 Å². The van der Waals surface area contributed by atoms with Crippen molar-refractivity contribution in [1.29, 1.82) is 0 Å². The minimum absolute atomic E-state index is 0.783. The molecule has 1 aromatic heterocycles. The van der Waals surface area contributed by atoms with Crippen LogP contribution in [0.25, 0.3) is 0 Å². The van der Waals surface area contributed by atoms with Crippen molar-refractivity contribution in [2.75, 3.05) is 0 Å². The van der Waals surface area contributed by atoms with Crippen molar-refractivity contribution in [1.82, 2.24) is 9.88 Å². The number of nitrogens with one attached hydrogen (secondary N) is 1. The summed E-state index contributed by atoms with van der Waals surface area (Å²) in [5.74, 6) is 0. The van der Waals surface area contributed by atoms with Gasteiger partial charge in [0, 0.05) is 36.0 Å². The summed E-state index contributed by atoms with van der Waals surface area (Å²) in [5, 5.41) is 4.32. The molecule has 1 N–H and O–H groups in total. The van der Waals surface area contributed by atoms with E-state index in [1.54, 1.807) is 0 Å². The predicted molar refractivity (Wildman–Crippen MR) is 101 cm³/mol. The van der Waals surface area contributed by atoms with E-state index in [2.05, 4.69) is 66.2 Å². The second-order valence-electron chi connectivity index (χ2n) is 6.20. The van der Waals surface area contributed by atoms with Crippen LogP contribution in [0.2, 0.25) is 5.02 Å². The molecule has 3 aromatic rings. The zero-order valence-electron chi connectivity index (χ0n) is 14.2. The first-order valence-corrected chi connectivity index (χ1v) is 8.66. The highest BCUT2D eigenvalue weighted by molar-refractivity contribution is 6.30. The van der Waals surface area contributed by atoms with E-state index < -0.39 is 0 Å². The third-order valence-electron chi connectivity index (χ3n) is 4.42. The Kier molecular flexibility index (Phi) is 5.39. The molecule has 24 heavy (non-hydrogen) atoms. The molecule has 0 aliphatic heterocycles. The first-order chi connectivity index (χ1) is 11.6. The molecule has 0 saturated carbocycles. The van der Waals surface area contributed by atoms with Crippen LogP contribution in [0.4, 0.5) is 0 Å². The van der Waals surface area contributed by atoms with Crippen LogP contribution in [0.3, 0.4) is 0 Å². The van der Waals surface area contributed by atoms with Gasteiger partial charge in [0.2, 0.25) is 0 Å². The molecule has 3 rings (SSSR count). The fraction of sp³-hybridized carbons (Fsp3) is 0.238. The maximum absolute atomic E-state index is 5.97. The van der Waals surface area contributed by atoms with E-state index in [4.69, 9.17) is 11.6 Å². The minimum atomic E-state index is 0.783. The average Bonchev–Trinajstić information content (AvgIpc) is 2.85. The van der Waals surface area contributed by atoms with Crippen molar-refractivity contribution in [3.05, 3.63) is 93.8 Å². The quantitative estimate of drug-likeness (QED) is 0.662. The van der Waals surface area contributed by atoms with Crippen LogP contribution in [0.1, 0.15) is 28.1 Å². The van der Waals surface area contributed by atoms with Crippen LogP contribution in [-0.2, 0) is 19.6 Å². The highest BCUT2D eigenvalue weighted by Gasteiger charge is 2.09. The summed E-state index contributed by atoms with van der Waals surface area (Å²) >= 11 is 5.97. The molecule has 0 amide bonds. The van der Waals surface area contributed by atoms with Crippen LogP contribution in [-0.4, -0.2) is 4.57 Å². The van der Waals surface area contributed by atoms with Gasteiger partial charge in [0.05, 0.1) is 0 Å². The molecular formula is C21H23ClN2. The molecule has 2 nitrogen and oxygen atoms in total. The summed E-state index contributed by atoms with van der Waals surface area (Å²) < 4.78 is 2.36. The molecule has 2 aromatic carbocycles. The van der Waals surface area contributed by atoms with Gasteiger partial charge in [0.15, 0.2) is 0 Å². The van der Waals surface area contributed by atoms with Crippen molar-refractivity contribution >= 4 is 11.6 Å². The highest BCUT2D eigenvalue weighted by atomic mass is 35.5. The second kappa shape index (κ2) is 7.69. The molecule has 0 atom stereocenters. The third-order valence-corrected chi connectivity index (χ3v) is 4.67. The number of rotatable bonds is 6. The van der Waals surface area contributed by atoms with Crippen LogP contribution >= 0.6 is 11.6 Å². The number of nitrogens with zero attached hydrogens (tertiary/aromatic N) is 1. The molecule has 0 aliphatic rings. The Morgan fingerprint density at radius 2 is 1.58 bits per heavy atom. The molecule has 3 heteroatoms. The van der Waals surface area contributed by atoms with Crippen molar-refractivity contribution in [3.8, 4) is 0 Å². The highest BCUT2D eigenvalue weighted by Crippen LogP contribution is 2.18. The topological polar surface area (TPSA) is 17.0 Å². The number of hydrogen-bond acceptors (Lipinski definition) is 1. The van der Waals surface area contributed by atoms with Crippen molar-refractivity contribution in [3.63, 3.8) is 0 Å². The van der Waals surface area contributed by atoms with Crippen LogP contribution < -0.4 is 5.32 Å². The smallest absolute Gasteiger partial charge is 0.0475 e. The summed E-state index contributed by atoms with van der Waals surface area (Å²) in [6.07, 6.45) is 0. The Morgan fingerprint density at radius 3 is 2.29 bits per heavy atom. The Morgan fingerprint density at radius 1 is 0.875 bits per heavy atom. The number of halogens is 1. The molecule has 1 heterocycles. The third kappa shape index (κ3) is 4.08. The van der Waals surface area contributed by atoms with Gasteiger partial charge < -0.3 is 9.88 Å². The van der Waals surface area contributed by atoms with Crippen molar-refractivity contribution in [2.24, 2.45) is 0 Å². The van der Waals surface area contributed by atoms with E-state index >= 15 is 0 Å². The molecule has 0 aliphatic carbocycles. The SMILES string of the molecule is Cc1cc(CNCc2ccccc2)c(C)n1Cc1ccc(Cl)cc1. The standard InChI is InChI=1S/C21H23ClN2/c1-16-12-20(14-23-13-18-6-4-3-5-7-18)17(2)24(16)15-19-8-10-21(22)11-9-19/h3-12,23H,13-15H2,1-2H3. The molecular weight excluding hydrogens is 316 g/mol. The molecule has 0 spiro atoms. The first kappa shape index (κ1) is 16.8. The maximum atomic E-state index is 5.97. The zero-order chi connectivity index (χ0) is 16.9. The molecule has 0 fully saturated rings. The summed E-state index contributed by atoms with van der Waals surface area (Å²) in [6.45, 7) is 7.02. The lowest BCUT2D eigenvalue weighted by Crippen LogP contribution is -2.13. The van der Waals surface area contributed by atoms with Crippen LogP contribution in [0, 0.1) is 13.8 Å². The number of aromatic nitrogens is 1. The molecule has 0 radical (unpaired) electrons. The molecule has 0 unspecified atom stereocenters. The molecule has 0 saturated heterocycles. The summed E-state index contributed by atoms with van der Waals surface area (Å²) in [6, 6.07) is 20.9. The van der Waals surface area contributed by atoms with Gasteiger partial charge in [0.1, 0.15) is 0 Å². The van der Waals surface area contributed by atoms with Crippen LogP contribution in [0.5, 0.6) is 0 Å². The first-order valence-electron chi connectivity index (χ1n) is 8.28. The lowest BCUT2D eigenvalue weighted by Gasteiger charge is -2.11. The van der Waals surface area contributed by atoms with Crippen molar-refractivity contribution < 1.29 is 0 Å². The van der Waals surface area contributed by atoms with Gasteiger partial charge in [-0.15, -0.1) is 0 Å². The van der Waals surface area contributed by atoms with E-state index in [-0.39, 0.29) is 0 Å². The summed E-state index contributed by atoms with van der Waals surface area (Å²) in [7, 11) is 0. The summed E-state index contributed by atoms with van der Waals surface area (Å²) in [5.41, 5.74) is 6.55. The Bertz CT molecular complexity index is 789. The fourth-order valence-corrected chi connectivity index (χ4v) is 3.13. The van der Waals surface area contributed by atoms with E-state index in [0.717, 1.165) is 24.7 Å². The zero-order valence-corrected chi connectivity index (χ0v) is 15.0. The van der Waals surface area contributed by atoms with Gasteiger partial charge in [-0.1, -0.05) is 54.1 Å². The number of hydrogen-bond donors (Lipinski definition) is 1. The lowest BCUT2D eigenvalue weighted by atomic mass is 10.2. The van der Waals surface area contributed by atoms with Gasteiger partial charge in [-0.25, -0.2) is 0 Å². The average molecular weight is 339 g/mol. The van der Waals surface area contributed by atoms with Crippen molar-refractivity contribution in [2.45, 2.75) is 33.5 Å². The van der Waals surface area contributed by atoms with E-state index in [0.29, 0.717) is 0 Å². The lowest BCUT2D eigenvalue weighted by molar-refractivity contribution is 0.681. The van der Waals surface area contributed by atoms with E-state index in [9.17, 15) is 0 Å². The predicted octanol–water partition coefficient (Wildman–Crippen LogP) is 5.10. The van der Waals surface area contributed by atoms with Gasteiger partial charge in [0.25, 0.3) is 0 Å². The van der Waals surface area contributed by atoms with Gasteiger partial charge >= 0.3 is 0 Å². The molecule has 0 bridgehead atoms. The van der Waals surface area contributed by atoms with Gasteiger partial charge in [-0.2, -0.15) is 0 Å². The normalized spacial score (nSPS) is 11.0. The van der Waals surface area contributed by atoms with Crippen LogP contribution in [0.15, 0.2) is 60.7 Å². The minimum Gasteiger partial charge on any atom is -0.344 e. The fourth-order valence-electron chi connectivity index (χ4n) is 3.00. The molecule has 124 valence electrons. The largest absolute Gasteiger partial charge is 0.344 e. The Labute approximate surface area is 149 Å². The van der Waals surface area contributed by atoms with Gasteiger partial charge in [-0.3, -0.25) is 0 Å². The monoisotopic (exact) mass is 338 g/mol. The second-order valence-corrected chi connectivity index (χ2v) is 6.63. The van der Waals surface area contributed by atoms with E-state index in [1.165, 1.54) is 28.1 Å². The Hall–Kier alpha value is -2.03. The summed E-state index contributed by atoms with van der Waals surface area (Å²) in [4.78, 5) is 0. The van der Waals surface area contributed by atoms with E-state index in [1.807, 2.05) is 18.2 Å². The Balaban J connectivity index is 1.66. The number of benzene rings is 2.